The quantitative estimate of drug-likeness (QED) is 0.891. The number of ether oxygens (including phenoxy) is 1. The van der Waals surface area contributed by atoms with Gasteiger partial charge in [-0.25, -0.2) is 4.79 Å². The maximum absolute atomic E-state index is 12.4. The summed E-state index contributed by atoms with van der Waals surface area (Å²) >= 11 is 5.72. The van der Waals surface area contributed by atoms with Crippen molar-refractivity contribution in [3.8, 4) is 0 Å². The van der Waals surface area contributed by atoms with Crippen molar-refractivity contribution in [3.63, 3.8) is 0 Å². The summed E-state index contributed by atoms with van der Waals surface area (Å²) in [6.45, 7) is 4.92. The van der Waals surface area contributed by atoms with Crippen LogP contribution in [0.2, 0.25) is 5.02 Å². The van der Waals surface area contributed by atoms with Crippen LogP contribution < -0.4 is 5.32 Å². The molecule has 0 aliphatic heterocycles. The van der Waals surface area contributed by atoms with Crippen molar-refractivity contribution in [1.29, 1.82) is 0 Å². The number of nitrogens with one attached hydrogen (secondary N) is 1. The average molecular weight is 338 g/mol. The molecule has 1 aromatic carbocycles. The van der Waals surface area contributed by atoms with Gasteiger partial charge in [-0.3, -0.25) is 10.1 Å². The van der Waals surface area contributed by atoms with E-state index in [0.717, 1.165) is 0 Å². The van der Waals surface area contributed by atoms with E-state index in [1.165, 1.54) is 18.2 Å². The first-order valence-electron chi connectivity index (χ1n) is 6.27. The minimum absolute atomic E-state index is 0.0382. The van der Waals surface area contributed by atoms with Crippen molar-refractivity contribution in [2.24, 2.45) is 0 Å². The average Bonchev–Trinajstić information content (AvgIpc) is 2.29. The number of hydrogen-bond acceptors (Lipinski definition) is 3. The van der Waals surface area contributed by atoms with Gasteiger partial charge in [0.2, 0.25) is 5.78 Å². The predicted molar refractivity (Wildman–Crippen MR) is 76.1 cm³/mol. The van der Waals surface area contributed by atoms with Crippen LogP contribution in [0.15, 0.2) is 18.2 Å². The maximum Gasteiger partial charge on any atom is 0.450 e. The molecular formula is C14H15ClF3NO3. The monoisotopic (exact) mass is 337 g/mol. The topological polar surface area (TPSA) is 55.4 Å². The first-order chi connectivity index (χ1) is 9.88. The molecule has 0 radical (unpaired) electrons. The van der Waals surface area contributed by atoms with E-state index in [1.807, 2.05) is 0 Å². The van der Waals surface area contributed by atoms with Gasteiger partial charge in [0, 0.05) is 17.1 Å². The summed E-state index contributed by atoms with van der Waals surface area (Å²) in [7, 11) is 0. The maximum atomic E-state index is 12.4. The number of Topliss-reactive ketones (excluding diaryl/α,β-unsaturated/α-hetero) is 1. The van der Waals surface area contributed by atoms with Gasteiger partial charge in [-0.2, -0.15) is 13.2 Å². The third-order valence-electron chi connectivity index (χ3n) is 2.37. The van der Waals surface area contributed by atoms with Crippen molar-refractivity contribution < 1.29 is 27.5 Å². The van der Waals surface area contributed by atoms with E-state index >= 15 is 0 Å². The largest absolute Gasteiger partial charge is 0.450 e. The Hall–Kier alpha value is -1.76. The number of carbonyl (C=O) groups is 2. The Labute approximate surface area is 130 Å². The van der Waals surface area contributed by atoms with Gasteiger partial charge in [0.1, 0.15) is 5.60 Å². The molecule has 1 aromatic rings. The van der Waals surface area contributed by atoms with Crippen LogP contribution in [0.1, 0.15) is 26.3 Å². The lowest BCUT2D eigenvalue weighted by atomic mass is 10.1. The SMILES string of the molecule is CC(C)(C)OC(=O)Nc1ccc(Cl)cc1CC(=O)C(F)(F)F. The molecule has 0 atom stereocenters. The van der Waals surface area contributed by atoms with Gasteiger partial charge in [0.15, 0.2) is 0 Å². The lowest BCUT2D eigenvalue weighted by molar-refractivity contribution is -0.170. The Morgan fingerprint density at radius 3 is 2.32 bits per heavy atom. The summed E-state index contributed by atoms with van der Waals surface area (Å²) in [6, 6.07) is 3.89. The normalized spacial score (nSPS) is 12.0. The molecule has 4 nitrogen and oxygen atoms in total. The third-order valence-corrected chi connectivity index (χ3v) is 2.61. The number of alkyl halides is 3. The molecule has 0 spiro atoms. The zero-order chi connectivity index (χ0) is 17.1. The van der Waals surface area contributed by atoms with Crippen molar-refractivity contribution in [2.45, 2.75) is 39.0 Å². The third kappa shape index (κ3) is 5.93. The van der Waals surface area contributed by atoms with E-state index in [0.29, 0.717) is 0 Å². The molecule has 0 unspecified atom stereocenters. The Morgan fingerprint density at radius 1 is 1.23 bits per heavy atom. The Morgan fingerprint density at radius 2 is 1.82 bits per heavy atom. The second kappa shape index (κ2) is 6.56. The molecule has 1 N–H and O–H groups in total. The van der Waals surface area contributed by atoms with Gasteiger partial charge in [0.05, 0.1) is 0 Å². The molecular weight excluding hydrogens is 323 g/mol. The highest BCUT2D eigenvalue weighted by molar-refractivity contribution is 6.30. The fourth-order valence-electron chi connectivity index (χ4n) is 1.52. The van der Waals surface area contributed by atoms with Crippen LogP contribution in [0.3, 0.4) is 0 Å². The first kappa shape index (κ1) is 18.3. The summed E-state index contributed by atoms with van der Waals surface area (Å²) in [4.78, 5) is 22.8. The van der Waals surface area contributed by atoms with Crippen LogP contribution in [-0.2, 0) is 16.0 Å². The van der Waals surface area contributed by atoms with E-state index in [-0.39, 0.29) is 16.3 Å². The minimum Gasteiger partial charge on any atom is -0.444 e. The number of rotatable bonds is 3. The minimum atomic E-state index is -4.95. The van der Waals surface area contributed by atoms with Crippen molar-refractivity contribution in [1.82, 2.24) is 0 Å². The lowest BCUT2D eigenvalue weighted by Crippen LogP contribution is -2.28. The number of halogens is 4. The molecule has 1 amide bonds. The van der Waals surface area contributed by atoms with Gasteiger partial charge < -0.3 is 4.74 Å². The van der Waals surface area contributed by atoms with Crippen LogP contribution in [0, 0.1) is 0 Å². The van der Waals surface area contributed by atoms with E-state index in [1.54, 1.807) is 20.8 Å². The van der Waals surface area contributed by atoms with Crippen LogP contribution in [0.5, 0.6) is 0 Å². The van der Waals surface area contributed by atoms with Gasteiger partial charge >= 0.3 is 12.3 Å². The molecule has 1 rings (SSSR count). The second-order valence-electron chi connectivity index (χ2n) is 5.53. The summed E-state index contributed by atoms with van der Waals surface area (Å²) in [5.74, 6) is -1.93. The molecule has 0 bridgehead atoms. The zero-order valence-corrected chi connectivity index (χ0v) is 12.9. The highest BCUT2D eigenvalue weighted by atomic mass is 35.5. The summed E-state index contributed by atoms with van der Waals surface area (Å²) in [6.07, 6.45) is -6.71. The molecule has 122 valence electrons. The lowest BCUT2D eigenvalue weighted by Gasteiger charge is -2.20. The Bertz CT molecular complexity index is 580. The fourth-order valence-corrected chi connectivity index (χ4v) is 1.71. The molecule has 0 saturated carbocycles. The smallest absolute Gasteiger partial charge is 0.444 e. The molecule has 0 aliphatic rings. The van der Waals surface area contributed by atoms with Crippen LogP contribution >= 0.6 is 11.6 Å². The van der Waals surface area contributed by atoms with Gasteiger partial charge in [-0.1, -0.05) is 11.6 Å². The number of hydrogen-bond donors (Lipinski definition) is 1. The number of carbonyl (C=O) groups excluding carboxylic acids is 2. The molecule has 0 fully saturated rings. The first-order valence-corrected chi connectivity index (χ1v) is 6.65. The van der Waals surface area contributed by atoms with E-state index in [4.69, 9.17) is 16.3 Å². The number of benzene rings is 1. The summed E-state index contributed by atoms with van der Waals surface area (Å²) < 4.78 is 42.1. The molecule has 8 heteroatoms. The number of anilines is 1. The van der Waals surface area contributed by atoms with Crippen LogP contribution in [0.4, 0.5) is 23.7 Å². The second-order valence-corrected chi connectivity index (χ2v) is 5.96. The summed E-state index contributed by atoms with van der Waals surface area (Å²) in [5.41, 5.74) is -0.768. The zero-order valence-electron chi connectivity index (χ0n) is 12.2. The highest BCUT2D eigenvalue weighted by Gasteiger charge is 2.38. The molecule has 22 heavy (non-hydrogen) atoms. The molecule has 0 heterocycles. The molecule has 0 aliphatic carbocycles. The van der Waals surface area contributed by atoms with Crippen molar-refractivity contribution in [2.75, 3.05) is 5.32 Å². The van der Waals surface area contributed by atoms with Gasteiger partial charge in [-0.05, 0) is 44.5 Å². The predicted octanol–water partition coefficient (Wildman–Crippen LogP) is 4.36. The Kier molecular flexibility index (Phi) is 5.45. The number of amides is 1. The van der Waals surface area contributed by atoms with Crippen molar-refractivity contribution >= 4 is 29.2 Å². The molecule has 0 aromatic heterocycles. The van der Waals surface area contributed by atoms with Gasteiger partial charge in [-0.15, -0.1) is 0 Å². The van der Waals surface area contributed by atoms with E-state index in [2.05, 4.69) is 5.32 Å². The highest BCUT2D eigenvalue weighted by Crippen LogP contribution is 2.26. The van der Waals surface area contributed by atoms with Gasteiger partial charge in [0.25, 0.3) is 0 Å². The van der Waals surface area contributed by atoms with Crippen LogP contribution in [-0.4, -0.2) is 23.7 Å². The summed E-state index contributed by atoms with van der Waals surface area (Å²) in [5, 5.41) is 2.46. The van der Waals surface area contributed by atoms with E-state index < -0.39 is 30.1 Å². The van der Waals surface area contributed by atoms with Crippen molar-refractivity contribution in [3.05, 3.63) is 28.8 Å². The Balaban J connectivity index is 2.96. The standard InChI is InChI=1S/C14H15ClF3NO3/c1-13(2,3)22-12(21)19-10-5-4-9(15)6-8(10)7-11(20)14(16,17)18/h4-6H,7H2,1-3H3,(H,19,21). The molecule has 0 saturated heterocycles. The van der Waals surface area contributed by atoms with Crippen LogP contribution in [0.25, 0.3) is 0 Å². The number of ketones is 1. The fraction of sp³-hybridized carbons (Fsp3) is 0.429. The van der Waals surface area contributed by atoms with E-state index in [9.17, 15) is 22.8 Å².